The topological polar surface area (TPSA) is 27.6 Å². The van der Waals surface area contributed by atoms with Crippen molar-refractivity contribution < 1.29 is 5.73 Å². The molecule has 1 aromatic carbocycles. The second kappa shape index (κ2) is 4.80. The summed E-state index contributed by atoms with van der Waals surface area (Å²) in [5, 5.41) is 0. The Balaban J connectivity index is 2.79. The summed E-state index contributed by atoms with van der Waals surface area (Å²) in [6.45, 7) is 9.96. The summed E-state index contributed by atoms with van der Waals surface area (Å²) in [6, 6.07) is 6.72. The highest BCUT2D eigenvalue weighted by atomic mass is 14.5. The van der Waals surface area contributed by atoms with Crippen LogP contribution in [0.3, 0.4) is 0 Å². The fraction of sp³-hybridized carbons (Fsp3) is 0.571. The summed E-state index contributed by atoms with van der Waals surface area (Å²) in [6.07, 6.45) is 2.42. The van der Waals surface area contributed by atoms with E-state index in [2.05, 4.69) is 51.6 Å². The Bertz CT molecular complexity index is 321. The van der Waals surface area contributed by atoms with E-state index in [-0.39, 0.29) is 0 Å². The molecule has 1 nitrogen and oxygen atoms in total. The van der Waals surface area contributed by atoms with Crippen LogP contribution in [-0.2, 0) is 13.0 Å². The quantitative estimate of drug-likeness (QED) is 0.787. The number of quaternary nitrogens is 1. The first-order valence-electron chi connectivity index (χ1n) is 5.80. The fourth-order valence-corrected chi connectivity index (χ4v) is 1.74. The van der Waals surface area contributed by atoms with Crippen LogP contribution in [0.4, 0.5) is 0 Å². The molecule has 0 aliphatic carbocycles. The Morgan fingerprint density at radius 3 is 2.33 bits per heavy atom. The molecule has 0 fully saturated rings. The van der Waals surface area contributed by atoms with E-state index in [1.54, 1.807) is 0 Å². The summed E-state index contributed by atoms with van der Waals surface area (Å²) in [5.74, 6) is 0. The van der Waals surface area contributed by atoms with Crippen LogP contribution in [0, 0.1) is 12.3 Å². The molecule has 0 aromatic heterocycles. The van der Waals surface area contributed by atoms with Gasteiger partial charge in [-0.15, -0.1) is 0 Å². The van der Waals surface area contributed by atoms with Crippen LogP contribution in [0.2, 0.25) is 0 Å². The Labute approximate surface area is 93.7 Å². The van der Waals surface area contributed by atoms with Crippen molar-refractivity contribution in [3.05, 3.63) is 34.9 Å². The van der Waals surface area contributed by atoms with Gasteiger partial charge in [0.25, 0.3) is 0 Å². The van der Waals surface area contributed by atoms with Gasteiger partial charge < -0.3 is 5.73 Å². The highest BCUT2D eigenvalue weighted by molar-refractivity contribution is 5.31. The molecular weight excluding hydrogens is 182 g/mol. The van der Waals surface area contributed by atoms with E-state index in [4.69, 9.17) is 0 Å². The minimum absolute atomic E-state index is 0.419. The third kappa shape index (κ3) is 4.05. The van der Waals surface area contributed by atoms with Crippen molar-refractivity contribution in [3.63, 3.8) is 0 Å². The van der Waals surface area contributed by atoms with Crippen LogP contribution in [0.5, 0.6) is 0 Å². The zero-order valence-corrected chi connectivity index (χ0v) is 10.6. The standard InChI is InChI=1S/C14H23N/c1-11-5-6-13(10-15)12(9-11)7-8-14(2,3)4/h5-6,9H,7-8,10,15H2,1-4H3/p+1. The van der Waals surface area contributed by atoms with Gasteiger partial charge in [-0.1, -0.05) is 44.5 Å². The maximum Gasteiger partial charge on any atom is 0.0999 e. The summed E-state index contributed by atoms with van der Waals surface area (Å²) in [5.41, 5.74) is 8.66. The van der Waals surface area contributed by atoms with Gasteiger partial charge in [0.2, 0.25) is 0 Å². The molecule has 15 heavy (non-hydrogen) atoms. The van der Waals surface area contributed by atoms with Crippen LogP contribution in [0.25, 0.3) is 0 Å². The second-order valence-corrected chi connectivity index (χ2v) is 5.58. The molecular formula is C14H24N+. The molecule has 0 atom stereocenters. The van der Waals surface area contributed by atoms with Crippen molar-refractivity contribution in [1.82, 2.24) is 0 Å². The number of hydrogen-bond acceptors (Lipinski definition) is 0. The first-order chi connectivity index (χ1) is 6.92. The third-order valence-corrected chi connectivity index (χ3v) is 2.78. The van der Waals surface area contributed by atoms with E-state index in [0.29, 0.717) is 5.41 Å². The predicted molar refractivity (Wildman–Crippen MR) is 65.5 cm³/mol. The van der Waals surface area contributed by atoms with Crippen molar-refractivity contribution >= 4 is 0 Å². The lowest BCUT2D eigenvalue weighted by Crippen LogP contribution is -2.47. The zero-order valence-electron chi connectivity index (χ0n) is 10.6. The number of aryl methyl sites for hydroxylation is 2. The summed E-state index contributed by atoms with van der Waals surface area (Å²) in [4.78, 5) is 0. The molecule has 3 N–H and O–H groups in total. The van der Waals surface area contributed by atoms with Gasteiger partial charge in [-0.25, -0.2) is 0 Å². The molecule has 1 rings (SSSR count). The van der Waals surface area contributed by atoms with Crippen LogP contribution in [0.15, 0.2) is 18.2 Å². The normalized spacial score (nSPS) is 11.8. The third-order valence-electron chi connectivity index (χ3n) is 2.78. The highest BCUT2D eigenvalue weighted by Crippen LogP contribution is 2.23. The molecule has 1 heteroatoms. The minimum atomic E-state index is 0.419. The van der Waals surface area contributed by atoms with Crippen LogP contribution in [0.1, 0.15) is 43.9 Å². The average Bonchev–Trinajstić information content (AvgIpc) is 2.14. The Morgan fingerprint density at radius 2 is 1.80 bits per heavy atom. The minimum Gasteiger partial charge on any atom is -0.354 e. The van der Waals surface area contributed by atoms with Gasteiger partial charge in [-0.2, -0.15) is 0 Å². The Morgan fingerprint density at radius 1 is 1.13 bits per heavy atom. The highest BCUT2D eigenvalue weighted by Gasteiger charge is 2.11. The number of benzene rings is 1. The molecule has 0 bridgehead atoms. The van der Waals surface area contributed by atoms with E-state index < -0.39 is 0 Å². The lowest BCUT2D eigenvalue weighted by molar-refractivity contribution is -0.386. The molecule has 0 aliphatic heterocycles. The Kier molecular flexibility index (Phi) is 3.92. The van der Waals surface area contributed by atoms with Gasteiger partial charge in [0, 0.05) is 5.56 Å². The molecule has 1 aromatic rings. The van der Waals surface area contributed by atoms with E-state index in [9.17, 15) is 0 Å². The monoisotopic (exact) mass is 206 g/mol. The van der Waals surface area contributed by atoms with Gasteiger partial charge >= 0.3 is 0 Å². The fourth-order valence-electron chi connectivity index (χ4n) is 1.74. The smallest absolute Gasteiger partial charge is 0.0999 e. The largest absolute Gasteiger partial charge is 0.354 e. The Hall–Kier alpha value is -0.820. The SMILES string of the molecule is Cc1ccc(C[NH3+])c(CCC(C)(C)C)c1. The molecule has 0 spiro atoms. The summed E-state index contributed by atoms with van der Waals surface area (Å²) < 4.78 is 0. The van der Waals surface area contributed by atoms with Crippen LogP contribution in [-0.4, -0.2) is 0 Å². The second-order valence-electron chi connectivity index (χ2n) is 5.58. The van der Waals surface area contributed by atoms with Crippen molar-refractivity contribution in [2.45, 2.75) is 47.1 Å². The summed E-state index contributed by atoms with van der Waals surface area (Å²) >= 11 is 0. The predicted octanol–water partition coefficient (Wildman–Crippen LogP) is 2.72. The maximum atomic E-state index is 3.99. The lowest BCUT2D eigenvalue weighted by Gasteiger charge is -2.18. The van der Waals surface area contributed by atoms with Gasteiger partial charge in [0.15, 0.2) is 0 Å². The van der Waals surface area contributed by atoms with Gasteiger partial charge in [0.1, 0.15) is 0 Å². The van der Waals surface area contributed by atoms with Gasteiger partial charge in [0.05, 0.1) is 6.54 Å². The molecule has 84 valence electrons. The van der Waals surface area contributed by atoms with Crippen molar-refractivity contribution in [2.24, 2.45) is 5.41 Å². The van der Waals surface area contributed by atoms with E-state index in [1.807, 2.05) is 0 Å². The molecule has 0 radical (unpaired) electrons. The van der Waals surface area contributed by atoms with Crippen molar-refractivity contribution in [3.8, 4) is 0 Å². The van der Waals surface area contributed by atoms with E-state index in [0.717, 1.165) is 6.54 Å². The van der Waals surface area contributed by atoms with Crippen LogP contribution < -0.4 is 5.73 Å². The first kappa shape index (κ1) is 12.3. The van der Waals surface area contributed by atoms with Crippen molar-refractivity contribution in [1.29, 1.82) is 0 Å². The first-order valence-corrected chi connectivity index (χ1v) is 5.80. The van der Waals surface area contributed by atoms with Crippen molar-refractivity contribution in [2.75, 3.05) is 0 Å². The van der Waals surface area contributed by atoms with E-state index >= 15 is 0 Å². The molecule has 0 amide bonds. The van der Waals surface area contributed by atoms with Crippen LogP contribution >= 0.6 is 0 Å². The molecule has 0 unspecified atom stereocenters. The molecule has 0 heterocycles. The van der Waals surface area contributed by atoms with Gasteiger partial charge in [-0.3, -0.25) is 0 Å². The summed E-state index contributed by atoms with van der Waals surface area (Å²) in [7, 11) is 0. The molecule has 0 saturated carbocycles. The lowest BCUT2D eigenvalue weighted by atomic mass is 9.87. The zero-order chi connectivity index (χ0) is 11.5. The maximum absolute atomic E-state index is 3.99. The van der Waals surface area contributed by atoms with E-state index in [1.165, 1.54) is 29.5 Å². The number of rotatable bonds is 3. The average molecular weight is 206 g/mol. The molecule has 0 saturated heterocycles. The van der Waals surface area contributed by atoms with Gasteiger partial charge in [-0.05, 0) is 30.7 Å². The number of hydrogen-bond donors (Lipinski definition) is 1. The molecule has 0 aliphatic rings.